The summed E-state index contributed by atoms with van der Waals surface area (Å²) >= 11 is 0. The molecule has 0 spiro atoms. The predicted molar refractivity (Wildman–Crippen MR) is 88.6 cm³/mol. The van der Waals surface area contributed by atoms with Crippen molar-refractivity contribution >= 4 is 20.9 Å². The van der Waals surface area contributed by atoms with Gasteiger partial charge in [-0.3, -0.25) is 4.79 Å². The van der Waals surface area contributed by atoms with Gasteiger partial charge in [0.25, 0.3) is 0 Å². The highest BCUT2D eigenvalue weighted by atomic mass is 32.2. The Morgan fingerprint density at radius 3 is 2.55 bits per heavy atom. The third kappa shape index (κ3) is 3.73. The molecule has 0 aliphatic heterocycles. The average molecular weight is 323 g/mol. The maximum Gasteiger partial charge on any atom is 0.212 e. The summed E-state index contributed by atoms with van der Waals surface area (Å²) in [6, 6.07) is 5.48. The lowest BCUT2D eigenvalue weighted by atomic mass is 10.0. The van der Waals surface area contributed by atoms with Gasteiger partial charge < -0.3 is 10.3 Å². The van der Waals surface area contributed by atoms with Gasteiger partial charge in [-0.15, -0.1) is 0 Å². The molecule has 1 aromatic carbocycles. The van der Waals surface area contributed by atoms with Crippen LogP contribution in [-0.4, -0.2) is 32.7 Å². The summed E-state index contributed by atoms with van der Waals surface area (Å²) in [6.07, 6.45) is 0. The van der Waals surface area contributed by atoms with Crippen molar-refractivity contribution in [3.63, 3.8) is 0 Å². The Labute approximate surface area is 130 Å². The van der Waals surface area contributed by atoms with Crippen molar-refractivity contribution in [3.05, 3.63) is 45.2 Å². The van der Waals surface area contributed by atoms with Crippen molar-refractivity contribution in [2.24, 2.45) is 0 Å². The first kappa shape index (κ1) is 16.7. The molecule has 120 valence electrons. The Morgan fingerprint density at radius 1 is 1.18 bits per heavy atom. The third-order valence-corrected chi connectivity index (χ3v) is 5.00. The maximum absolute atomic E-state index is 12.3. The Balaban J connectivity index is 2.17. The largest absolute Gasteiger partial charge is 0.357 e. The van der Waals surface area contributed by atoms with E-state index in [9.17, 15) is 13.2 Å². The molecule has 0 unspecified atom stereocenters. The molecular weight excluding hydrogens is 302 g/mol. The van der Waals surface area contributed by atoms with Crippen molar-refractivity contribution in [2.45, 2.75) is 20.4 Å². The van der Waals surface area contributed by atoms with Gasteiger partial charge in [0.15, 0.2) is 5.43 Å². The van der Waals surface area contributed by atoms with Gasteiger partial charge in [-0.25, -0.2) is 13.1 Å². The molecule has 1 heterocycles. The van der Waals surface area contributed by atoms with E-state index < -0.39 is 10.0 Å². The van der Waals surface area contributed by atoms with Crippen molar-refractivity contribution in [2.75, 3.05) is 19.3 Å². The van der Waals surface area contributed by atoms with Crippen LogP contribution in [0.2, 0.25) is 0 Å². The van der Waals surface area contributed by atoms with Crippen LogP contribution < -0.4 is 15.5 Å². The SMILES string of the molecule is CNS(=O)(=O)CCNCc1cc(=O)c2c(C)ccc(C)c2[nH]1. The van der Waals surface area contributed by atoms with Gasteiger partial charge in [-0.1, -0.05) is 12.1 Å². The van der Waals surface area contributed by atoms with E-state index in [0.717, 1.165) is 22.3 Å². The van der Waals surface area contributed by atoms with Crippen LogP contribution in [-0.2, 0) is 16.6 Å². The molecule has 0 atom stereocenters. The van der Waals surface area contributed by atoms with Crippen molar-refractivity contribution in [3.8, 4) is 0 Å². The number of rotatable bonds is 6. The van der Waals surface area contributed by atoms with E-state index in [0.29, 0.717) is 18.5 Å². The van der Waals surface area contributed by atoms with E-state index in [2.05, 4.69) is 15.0 Å². The second-order valence-electron chi connectivity index (χ2n) is 5.31. The van der Waals surface area contributed by atoms with E-state index in [4.69, 9.17) is 0 Å². The first-order chi connectivity index (χ1) is 10.3. The van der Waals surface area contributed by atoms with Gasteiger partial charge in [0.05, 0.1) is 11.3 Å². The number of hydrogen-bond acceptors (Lipinski definition) is 4. The molecular formula is C15H21N3O3S. The molecule has 0 fully saturated rings. The number of H-pyrrole nitrogens is 1. The zero-order valence-corrected chi connectivity index (χ0v) is 13.8. The van der Waals surface area contributed by atoms with Crippen LogP contribution in [0, 0.1) is 13.8 Å². The van der Waals surface area contributed by atoms with E-state index in [1.807, 2.05) is 26.0 Å². The van der Waals surface area contributed by atoms with Gasteiger partial charge in [0.2, 0.25) is 10.0 Å². The summed E-state index contributed by atoms with van der Waals surface area (Å²) < 4.78 is 24.9. The normalized spacial score (nSPS) is 12.0. The van der Waals surface area contributed by atoms with Crippen LogP contribution in [0.1, 0.15) is 16.8 Å². The first-order valence-corrected chi connectivity index (χ1v) is 8.73. The van der Waals surface area contributed by atoms with Gasteiger partial charge in [0.1, 0.15) is 0 Å². The second kappa shape index (κ2) is 6.60. The number of aromatic nitrogens is 1. The minimum atomic E-state index is -3.21. The van der Waals surface area contributed by atoms with Crippen LogP contribution in [0.4, 0.5) is 0 Å². The molecule has 0 saturated heterocycles. The smallest absolute Gasteiger partial charge is 0.212 e. The number of sulfonamides is 1. The van der Waals surface area contributed by atoms with E-state index in [1.54, 1.807) is 6.07 Å². The fourth-order valence-corrected chi connectivity index (χ4v) is 2.96. The summed E-state index contributed by atoms with van der Waals surface area (Å²) in [7, 11) is -1.82. The van der Waals surface area contributed by atoms with Gasteiger partial charge in [-0.2, -0.15) is 0 Å². The monoisotopic (exact) mass is 323 g/mol. The predicted octanol–water partition coefficient (Wildman–Crippen LogP) is 0.784. The summed E-state index contributed by atoms with van der Waals surface area (Å²) in [6.45, 7) is 4.60. The van der Waals surface area contributed by atoms with Gasteiger partial charge >= 0.3 is 0 Å². The van der Waals surface area contributed by atoms with Gasteiger partial charge in [-0.05, 0) is 32.0 Å². The lowest BCUT2D eigenvalue weighted by Crippen LogP contribution is -2.29. The lowest BCUT2D eigenvalue weighted by Gasteiger charge is -2.09. The topological polar surface area (TPSA) is 91.1 Å². The molecule has 0 bridgehead atoms. The number of hydrogen-bond donors (Lipinski definition) is 3. The Morgan fingerprint density at radius 2 is 1.86 bits per heavy atom. The number of benzene rings is 1. The molecule has 22 heavy (non-hydrogen) atoms. The zero-order valence-electron chi connectivity index (χ0n) is 13.0. The minimum absolute atomic E-state index is 0.000546. The number of pyridine rings is 1. The third-order valence-electron chi connectivity index (χ3n) is 3.63. The fourth-order valence-electron chi connectivity index (χ4n) is 2.34. The molecule has 0 aliphatic carbocycles. The first-order valence-electron chi connectivity index (χ1n) is 7.08. The van der Waals surface area contributed by atoms with Crippen LogP contribution in [0.3, 0.4) is 0 Å². The molecule has 2 aromatic rings. The second-order valence-corrected chi connectivity index (χ2v) is 7.35. The van der Waals surface area contributed by atoms with E-state index in [1.165, 1.54) is 7.05 Å². The van der Waals surface area contributed by atoms with E-state index in [-0.39, 0.29) is 11.2 Å². The summed E-state index contributed by atoms with van der Waals surface area (Å²) in [5.74, 6) is -0.000546. The molecule has 0 saturated carbocycles. The fraction of sp³-hybridized carbons (Fsp3) is 0.400. The molecule has 0 aliphatic rings. The molecule has 7 heteroatoms. The number of fused-ring (bicyclic) bond motifs is 1. The van der Waals surface area contributed by atoms with E-state index >= 15 is 0 Å². The zero-order chi connectivity index (χ0) is 16.3. The minimum Gasteiger partial charge on any atom is -0.357 e. The highest BCUT2D eigenvalue weighted by Gasteiger charge is 2.08. The van der Waals surface area contributed by atoms with Crippen LogP contribution in [0.25, 0.3) is 10.9 Å². The average Bonchev–Trinajstić information content (AvgIpc) is 2.47. The molecule has 6 nitrogen and oxygen atoms in total. The summed E-state index contributed by atoms with van der Waals surface area (Å²) in [5.41, 5.74) is 3.52. The Bertz CT molecular complexity index is 841. The summed E-state index contributed by atoms with van der Waals surface area (Å²) in [4.78, 5) is 15.5. The number of nitrogens with one attached hydrogen (secondary N) is 3. The molecule has 0 radical (unpaired) electrons. The highest BCUT2D eigenvalue weighted by molar-refractivity contribution is 7.89. The lowest BCUT2D eigenvalue weighted by molar-refractivity contribution is 0.582. The molecule has 0 amide bonds. The van der Waals surface area contributed by atoms with Crippen molar-refractivity contribution in [1.82, 2.24) is 15.0 Å². The van der Waals surface area contributed by atoms with Crippen molar-refractivity contribution < 1.29 is 8.42 Å². The van der Waals surface area contributed by atoms with Gasteiger partial charge in [0, 0.05) is 30.2 Å². The van der Waals surface area contributed by atoms with Crippen LogP contribution >= 0.6 is 0 Å². The Hall–Kier alpha value is -1.70. The Kier molecular flexibility index (Phi) is 5.00. The molecule has 1 aromatic heterocycles. The molecule has 3 N–H and O–H groups in total. The molecule has 2 rings (SSSR count). The van der Waals surface area contributed by atoms with Crippen molar-refractivity contribution in [1.29, 1.82) is 0 Å². The standard InChI is InChI=1S/C15H21N3O3S/c1-10-4-5-11(2)15-14(10)13(19)8-12(18-15)9-17-6-7-22(20,21)16-3/h4-5,8,16-17H,6-7,9H2,1-3H3,(H,18,19). The quantitative estimate of drug-likeness (QED) is 0.685. The maximum atomic E-state index is 12.3. The summed E-state index contributed by atoms with van der Waals surface area (Å²) in [5, 5.41) is 3.74. The number of aryl methyl sites for hydroxylation is 2. The highest BCUT2D eigenvalue weighted by Crippen LogP contribution is 2.17. The van der Waals surface area contributed by atoms with Crippen LogP contribution in [0.5, 0.6) is 0 Å². The number of aromatic amines is 1. The van der Waals surface area contributed by atoms with Crippen LogP contribution in [0.15, 0.2) is 23.0 Å².